The molecule has 0 spiro atoms. The number of carbonyl (C=O) groups is 2. The number of benzene rings is 4. The van der Waals surface area contributed by atoms with E-state index in [2.05, 4.69) is 108 Å². The Morgan fingerprint density at radius 1 is 0.534 bits per heavy atom. The highest BCUT2D eigenvalue weighted by Gasteiger charge is 2.40. The van der Waals surface area contributed by atoms with Crippen molar-refractivity contribution in [2.75, 3.05) is 6.54 Å². The zero-order valence-corrected chi connectivity index (χ0v) is 36.2. The summed E-state index contributed by atoms with van der Waals surface area (Å²) in [6, 6.07) is 12.9. The quantitative estimate of drug-likeness (QED) is 0.0851. The fourth-order valence-electron chi connectivity index (χ4n) is 9.69. The molecule has 4 aromatic carbocycles. The zero-order valence-electron chi connectivity index (χ0n) is 36.2. The number of H-pyrrole nitrogens is 2. The highest BCUT2D eigenvalue weighted by molar-refractivity contribution is 6.44. The van der Waals surface area contributed by atoms with Crippen LogP contribution in [0.2, 0.25) is 0 Å². The van der Waals surface area contributed by atoms with Crippen molar-refractivity contribution in [1.82, 2.24) is 19.4 Å². The van der Waals surface area contributed by atoms with E-state index in [0.29, 0.717) is 51.2 Å². The highest BCUT2D eigenvalue weighted by Crippen LogP contribution is 2.48. The maximum Gasteiger partial charge on any atom is 0.262 e. The van der Waals surface area contributed by atoms with Gasteiger partial charge in [0.15, 0.2) is 0 Å². The van der Waals surface area contributed by atoms with Crippen molar-refractivity contribution in [1.29, 1.82) is 0 Å². The minimum atomic E-state index is -0.280. The minimum Gasteiger partial charge on any atom is -0.354 e. The van der Waals surface area contributed by atoms with E-state index in [4.69, 9.17) is 0 Å². The summed E-state index contributed by atoms with van der Waals surface area (Å²) in [6.07, 6.45) is 12.9. The van der Waals surface area contributed by atoms with Gasteiger partial charge in [-0.3, -0.25) is 19.3 Å². The van der Waals surface area contributed by atoms with Crippen molar-refractivity contribution >= 4 is 83.5 Å². The summed E-state index contributed by atoms with van der Waals surface area (Å²) in [5, 5.41) is 6.61. The molecular formula is C51H62N4O3. The number of aromatic amines is 2. The van der Waals surface area contributed by atoms with Gasteiger partial charge in [-0.1, -0.05) is 138 Å². The summed E-state index contributed by atoms with van der Waals surface area (Å²) in [5.74, 6) is -0.560. The van der Waals surface area contributed by atoms with Crippen molar-refractivity contribution < 1.29 is 9.59 Å². The summed E-state index contributed by atoms with van der Waals surface area (Å²) < 4.78 is 1.87. The molecule has 0 aliphatic carbocycles. The van der Waals surface area contributed by atoms with Gasteiger partial charge in [-0.15, -0.1) is 0 Å². The van der Waals surface area contributed by atoms with Crippen molar-refractivity contribution in [3.63, 3.8) is 0 Å². The molecule has 1 aliphatic heterocycles. The molecule has 0 bridgehead atoms. The third kappa shape index (κ3) is 6.44. The highest BCUT2D eigenvalue weighted by atomic mass is 16.2. The first-order valence-corrected chi connectivity index (χ1v) is 22.1. The first-order valence-electron chi connectivity index (χ1n) is 22.1. The lowest BCUT2D eigenvalue weighted by Crippen LogP contribution is -2.42. The summed E-state index contributed by atoms with van der Waals surface area (Å²) in [7, 11) is 0. The number of hydrogen-bond acceptors (Lipinski definition) is 3. The van der Waals surface area contributed by atoms with Crippen LogP contribution in [0, 0.1) is 0 Å². The van der Waals surface area contributed by atoms with Gasteiger partial charge in [0.2, 0.25) is 0 Å². The third-order valence-electron chi connectivity index (χ3n) is 13.0. The molecule has 7 nitrogen and oxygen atoms in total. The second-order valence-corrected chi connectivity index (χ2v) is 19.2. The van der Waals surface area contributed by atoms with Crippen molar-refractivity contribution in [2.24, 2.45) is 0 Å². The van der Waals surface area contributed by atoms with Gasteiger partial charge in [0, 0.05) is 67.2 Å². The molecule has 1 aliphatic rings. The van der Waals surface area contributed by atoms with E-state index in [1.54, 1.807) is 0 Å². The van der Waals surface area contributed by atoms with Crippen LogP contribution in [0.15, 0.2) is 41.2 Å². The molecule has 0 unspecified atom stereocenters. The molecule has 2 amide bonds. The van der Waals surface area contributed by atoms with E-state index >= 15 is 14.4 Å². The van der Waals surface area contributed by atoms with Crippen LogP contribution in [-0.4, -0.2) is 37.8 Å². The predicted molar refractivity (Wildman–Crippen MR) is 245 cm³/mol. The molecule has 4 heterocycles. The number of amides is 2. The standard InChI is InChI=1S/C51H62N4O3/c1-10-12-14-16-18-20-26-54-30(3)37-40-41-42(38-33-28-31(50(4,5)6)22-24-35(33)52-45(37)38)47(56)55(27-21-19-17-15-13-11-2)48(57)43(41)39-34-29-32(51(7,8)9)23-25-36(34)53-46(39)44(40)49(54)58/h22-25,28-29,52-53H,3,10-21,26-27H2,1-2,4-9H3. The number of nitrogens with one attached hydrogen (secondary N) is 2. The van der Waals surface area contributed by atoms with Gasteiger partial charge in [-0.25, -0.2) is 0 Å². The Bertz CT molecular complexity index is 2700. The number of aromatic nitrogens is 3. The molecule has 0 saturated carbocycles. The Morgan fingerprint density at radius 2 is 0.983 bits per heavy atom. The van der Waals surface area contributed by atoms with Crippen LogP contribution < -0.4 is 10.9 Å². The zero-order chi connectivity index (χ0) is 41.3. The van der Waals surface area contributed by atoms with Crippen LogP contribution in [0.3, 0.4) is 0 Å². The van der Waals surface area contributed by atoms with Crippen LogP contribution in [0.1, 0.15) is 164 Å². The van der Waals surface area contributed by atoms with Crippen molar-refractivity contribution in [2.45, 2.75) is 150 Å². The minimum absolute atomic E-state index is 0.129. The van der Waals surface area contributed by atoms with Gasteiger partial charge in [-0.2, -0.15) is 0 Å². The van der Waals surface area contributed by atoms with E-state index in [9.17, 15) is 0 Å². The molecule has 3 aromatic heterocycles. The molecule has 0 radical (unpaired) electrons. The lowest BCUT2D eigenvalue weighted by atomic mass is 9.82. The Labute approximate surface area is 342 Å². The van der Waals surface area contributed by atoms with E-state index in [-0.39, 0.29) is 28.2 Å². The van der Waals surface area contributed by atoms with E-state index in [1.807, 2.05) is 4.57 Å². The van der Waals surface area contributed by atoms with E-state index in [1.165, 1.54) is 30.6 Å². The Balaban J connectivity index is 1.52. The summed E-state index contributed by atoms with van der Waals surface area (Å²) >= 11 is 0. The Morgan fingerprint density at radius 3 is 1.47 bits per heavy atom. The first-order chi connectivity index (χ1) is 27.7. The summed E-state index contributed by atoms with van der Waals surface area (Å²) in [4.78, 5) is 54.8. The fourth-order valence-corrected chi connectivity index (χ4v) is 9.69. The van der Waals surface area contributed by atoms with Crippen LogP contribution in [0.4, 0.5) is 0 Å². The average molecular weight is 779 g/mol. The number of rotatable bonds is 14. The molecule has 0 saturated heterocycles. The SMILES string of the molecule is C=c1c2c3[nH]c4ccc(C(C)(C)C)cc4c3c3c4c(c5c6cc(C(C)(C)C)ccc6[nH]c5c(c(=O)n1CCCCCCCC)c42)C(=O)N(CCCCCCCC)C3=O. The molecular weight excluding hydrogens is 717 g/mol. The molecule has 58 heavy (non-hydrogen) atoms. The average Bonchev–Trinajstić information content (AvgIpc) is 3.74. The van der Waals surface area contributed by atoms with Crippen molar-refractivity contribution in [3.8, 4) is 0 Å². The molecule has 0 atom stereocenters. The normalized spacial score (nSPS) is 14.0. The number of nitrogens with zero attached hydrogens (tertiary/aromatic N) is 2. The predicted octanol–water partition coefficient (Wildman–Crippen LogP) is 12.5. The topological polar surface area (TPSA) is 91.0 Å². The Kier molecular flexibility index (Phi) is 10.3. The number of fused-ring (bicyclic) bond motifs is 10. The van der Waals surface area contributed by atoms with Crippen LogP contribution in [-0.2, 0) is 17.4 Å². The van der Waals surface area contributed by atoms with Gasteiger partial charge < -0.3 is 14.5 Å². The van der Waals surface area contributed by atoms with Crippen LogP contribution in [0.25, 0.3) is 71.7 Å². The van der Waals surface area contributed by atoms with Crippen molar-refractivity contribution in [3.05, 3.63) is 74.4 Å². The van der Waals surface area contributed by atoms with Gasteiger partial charge in [0.25, 0.3) is 17.4 Å². The van der Waals surface area contributed by atoms with Gasteiger partial charge in [-0.05, 0) is 59.1 Å². The Hall–Kier alpha value is -4.91. The first kappa shape index (κ1) is 39.9. The summed E-state index contributed by atoms with van der Waals surface area (Å²) in [6.45, 7) is 23.2. The maximum absolute atomic E-state index is 15.3. The molecule has 2 N–H and O–H groups in total. The number of pyridine rings is 1. The molecule has 7 heteroatoms. The molecule has 0 fully saturated rings. The van der Waals surface area contributed by atoms with E-state index < -0.39 is 0 Å². The third-order valence-corrected chi connectivity index (χ3v) is 13.0. The van der Waals surface area contributed by atoms with Gasteiger partial charge in [0.1, 0.15) is 0 Å². The maximum atomic E-state index is 15.3. The lowest BCUT2D eigenvalue weighted by molar-refractivity contribution is 0.0610. The number of hydrogen-bond donors (Lipinski definition) is 2. The van der Waals surface area contributed by atoms with Crippen LogP contribution in [0.5, 0.6) is 0 Å². The number of carbonyl (C=O) groups excluding carboxylic acids is 2. The molecule has 304 valence electrons. The molecule has 7 aromatic rings. The lowest BCUT2D eigenvalue weighted by Gasteiger charge is -2.30. The van der Waals surface area contributed by atoms with Gasteiger partial charge in [0.05, 0.1) is 27.5 Å². The van der Waals surface area contributed by atoms with Crippen LogP contribution >= 0.6 is 0 Å². The smallest absolute Gasteiger partial charge is 0.262 e. The van der Waals surface area contributed by atoms with E-state index in [0.717, 1.165) is 106 Å². The largest absolute Gasteiger partial charge is 0.354 e. The molecule has 8 rings (SSSR count). The summed E-state index contributed by atoms with van der Waals surface area (Å²) in [5.41, 5.74) is 6.16. The number of imide groups is 1. The van der Waals surface area contributed by atoms with Gasteiger partial charge >= 0.3 is 0 Å². The monoisotopic (exact) mass is 778 g/mol. The second kappa shape index (κ2) is 15.0. The number of unbranched alkanes of at least 4 members (excludes halogenated alkanes) is 10. The fraction of sp³-hybridized carbons (Fsp3) is 0.471. The second-order valence-electron chi connectivity index (χ2n) is 19.2.